The number of nitrogens with zero attached hydrogens (tertiary/aromatic N) is 2. The van der Waals surface area contributed by atoms with Crippen LogP contribution in [0.5, 0.6) is 0 Å². The Bertz CT molecular complexity index is 591. The van der Waals surface area contributed by atoms with Crippen LogP contribution in [-0.2, 0) is 0 Å². The molecule has 2 aromatic rings. The van der Waals surface area contributed by atoms with Crippen LogP contribution >= 0.6 is 15.9 Å². The molecular formula is C11H9BrF3N3O. The van der Waals surface area contributed by atoms with Gasteiger partial charge in [-0.1, -0.05) is 0 Å². The van der Waals surface area contributed by atoms with E-state index in [0.717, 1.165) is 4.47 Å². The minimum absolute atomic E-state index is 0.390. The van der Waals surface area contributed by atoms with Crippen molar-refractivity contribution in [3.8, 4) is 0 Å². The van der Waals surface area contributed by atoms with Gasteiger partial charge in [0.2, 0.25) is 0 Å². The molecule has 1 atom stereocenters. The summed E-state index contributed by atoms with van der Waals surface area (Å²) in [5, 5.41) is 11.5. The van der Waals surface area contributed by atoms with E-state index in [1.165, 1.54) is 18.5 Å². The van der Waals surface area contributed by atoms with E-state index in [4.69, 9.17) is 5.11 Å². The van der Waals surface area contributed by atoms with E-state index in [1.807, 2.05) is 0 Å². The molecule has 8 heteroatoms. The predicted molar refractivity (Wildman–Crippen MR) is 67.8 cm³/mol. The van der Waals surface area contributed by atoms with Crippen molar-refractivity contribution in [1.29, 1.82) is 0 Å². The Morgan fingerprint density at radius 2 is 2.11 bits per heavy atom. The number of nitrogens with one attached hydrogen (secondary N) is 1. The maximum Gasteiger partial charge on any atom is 0.416 e. The quantitative estimate of drug-likeness (QED) is 0.905. The van der Waals surface area contributed by atoms with Gasteiger partial charge in [-0.05, 0) is 28.1 Å². The highest BCUT2D eigenvalue weighted by molar-refractivity contribution is 9.10. The van der Waals surface area contributed by atoms with Gasteiger partial charge in [-0.2, -0.15) is 13.2 Å². The van der Waals surface area contributed by atoms with Gasteiger partial charge in [0.05, 0.1) is 11.2 Å². The first-order valence-electron chi connectivity index (χ1n) is 5.27. The molecule has 2 rings (SSSR count). The van der Waals surface area contributed by atoms with Crippen LogP contribution in [0.2, 0.25) is 0 Å². The molecule has 0 spiro atoms. The molecule has 0 aromatic carbocycles. The van der Waals surface area contributed by atoms with Crippen LogP contribution in [0.4, 0.5) is 18.9 Å². The van der Waals surface area contributed by atoms with Crippen molar-refractivity contribution in [2.24, 2.45) is 0 Å². The Morgan fingerprint density at radius 1 is 1.37 bits per heavy atom. The lowest BCUT2D eigenvalue weighted by atomic mass is 10.2. The number of rotatable bonds is 3. The number of alkyl halides is 3. The number of fused-ring (bicyclic) bond motifs is 1. The first kappa shape index (κ1) is 14.0. The average molecular weight is 336 g/mol. The van der Waals surface area contributed by atoms with Gasteiger partial charge < -0.3 is 10.4 Å². The second kappa shape index (κ2) is 5.30. The van der Waals surface area contributed by atoms with Gasteiger partial charge >= 0.3 is 6.18 Å². The Balaban J connectivity index is 2.22. The fourth-order valence-corrected chi connectivity index (χ4v) is 1.79. The first-order valence-corrected chi connectivity index (χ1v) is 6.06. The van der Waals surface area contributed by atoms with Gasteiger partial charge in [0.15, 0.2) is 6.10 Å². The van der Waals surface area contributed by atoms with E-state index in [1.54, 1.807) is 6.07 Å². The summed E-state index contributed by atoms with van der Waals surface area (Å²) < 4.78 is 37.3. The maximum absolute atomic E-state index is 12.2. The third-order valence-corrected chi connectivity index (χ3v) is 2.84. The van der Waals surface area contributed by atoms with Gasteiger partial charge in [-0.3, -0.25) is 9.97 Å². The first-order chi connectivity index (χ1) is 8.88. The molecule has 4 nitrogen and oxygen atoms in total. The third kappa shape index (κ3) is 3.32. The van der Waals surface area contributed by atoms with Crippen LogP contribution in [0, 0.1) is 0 Å². The van der Waals surface area contributed by atoms with Crippen LogP contribution < -0.4 is 5.32 Å². The fraction of sp³-hybridized carbons (Fsp3) is 0.273. The zero-order valence-corrected chi connectivity index (χ0v) is 11.0. The summed E-state index contributed by atoms with van der Waals surface area (Å²) in [6.45, 7) is -0.639. The molecule has 2 aromatic heterocycles. The van der Waals surface area contributed by atoms with E-state index >= 15 is 0 Å². The zero-order valence-electron chi connectivity index (χ0n) is 9.45. The molecule has 2 N–H and O–H groups in total. The highest BCUT2D eigenvalue weighted by Gasteiger charge is 2.37. The van der Waals surface area contributed by atoms with Gasteiger partial charge in [0.1, 0.15) is 5.52 Å². The van der Waals surface area contributed by atoms with Crippen LogP contribution in [0.1, 0.15) is 0 Å². The molecule has 1 unspecified atom stereocenters. The topological polar surface area (TPSA) is 58.0 Å². The lowest BCUT2D eigenvalue weighted by Crippen LogP contribution is -2.35. The molecule has 0 bridgehead atoms. The van der Waals surface area contributed by atoms with Crippen molar-refractivity contribution in [1.82, 2.24) is 9.97 Å². The number of hydrogen-bond donors (Lipinski definition) is 2. The summed E-state index contributed by atoms with van der Waals surface area (Å²) in [6.07, 6.45) is -4.09. The summed E-state index contributed by atoms with van der Waals surface area (Å²) >= 11 is 3.23. The van der Waals surface area contributed by atoms with Crippen LogP contribution in [-0.4, -0.2) is 33.9 Å². The maximum atomic E-state index is 12.2. The molecule has 0 radical (unpaired) electrons. The van der Waals surface area contributed by atoms with Crippen molar-refractivity contribution >= 4 is 32.7 Å². The van der Waals surface area contributed by atoms with E-state index < -0.39 is 18.8 Å². The smallest absolute Gasteiger partial charge is 0.382 e. The highest BCUT2D eigenvalue weighted by Crippen LogP contribution is 2.24. The summed E-state index contributed by atoms with van der Waals surface area (Å²) in [5.41, 5.74) is 1.38. The molecule has 2 heterocycles. The minimum Gasteiger partial charge on any atom is -0.382 e. The molecule has 0 aliphatic carbocycles. The second-order valence-electron chi connectivity index (χ2n) is 3.82. The predicted octanol–water partition coefficient (Wildman–Crippen LogP) is 2.73. The standard InChI is InChI=1S/C11H9BrF3N3O/c12-6-3-8-10(18-4-6)7(1-2-16-8)17-5-9(19)11(13,14)15/h1-4,9,19H,5H2,(H,16,17). The summed E-state index contributed by atoms with van der Waals surface area (Å²) in [5.74, 6) is 0. The Labute approximate surface area is 114 Å². The molecule has 0 amide bonds. The van der Waals surface area contributed by atoms with E-state index in [0.29, 0.717) is 16.7 Å². The molecule has 19 heavy (non-hydrogen) atoms. The monoisotopic (exact) mass is 335 g/mol. The lowest BCUT2D eigenvalue weighted by molar-refractivity contribution is -0.198. The molecule has 102 valence electrons. The number of anilines is 1. The summed E-state index contributed by atoms with van der Waals surface area (Å²) in [6, 6.07) is 3.21. The lowest BCUT2D eigenvalue weighted by Gasteiger charge is -2.16. The van der Waals surface area contributed by atoms with E-state index in [-0.39, 0.29) is 0 Å². The number of aliphatic hydroxyl groups is 1. The Kier molecular flexibility index (Phi) is 3.91. The number of halogens is 4. The average Bonchev–Trinajstić information content (AvgIpc) is 2.34. The van der Waals surface area contributed by atoms with Gasteiger partial charge in [-0.25, -0.2) is 0 Å². The van der Waals surface area contributed by atoms with Crippen molar-refractivity contribution in [3.63, 3.8) is 0 Å². The number of pyridine rings is 2. The van der Waals surface area contributed by atoms with Crippen LogP contribution in [0.15, 0.2) is 29.0 Å². The highest BCUT2D eigenvalue weighted by atomic mass is 79.9. The number of hydrogen-bond acceptors (Lipinski definition) is 4. The molecule has 0 fully saturated rings. The van der Waals surface area contributed by atoms with Gasteiger partial charge in [0, 0.05) is 23.4 Å². The van der Waals surface area contributed by atoms with Gasteiger partial charge in [0.25, 0.3) is 0 Å². The van der Waals surface area contributed by atoms with Crippen molar-refractivity contribution < 1.29 is 18.3 Å². The Morgan fingerprint density at radius 3 is 2.79 bits per heavy atom. The van der Waals surface area contributed by atoms with Crippen LogP contribution in [0.3, 0.4) is 0 Å². The van der Waals surface area contributed by atoms with Crippen LogP contribution in [0.25, 0.3) is 11.0 Å². The largest absolute Gasteiger partial charge is 0.416 e. The third-order valence-electron chi connectivity index (χ3n) is 2.41. The normalized spacial score (nSPS) is 13.5. The molecular weight excluding hydrogens is 327 g/mol. The number of aliphatic hydroxyl groups excluding tert-OH is 1. The molecule has 0 aliphatic rings. The Hall–Kier alpha value is -1.41. The van der Waals surface area contributed by atoms with Gasteiger partial charge in [-0.15, -0.1) is 0 Å². The van der Waals surface area contributed by atoms with E-state index in [2.05, 4.69) is 31.2 Å². The SMILES string of the molecule is OC(CNc1ccnc2cc(Br)cnc12)C(F)(F)F. The molecule has 0 aliphatic heterocycles. The van der Waals surface area contributed by atoms with Crippen molar-refractivity contribution in [2.75, 3.05) is 11.9 Å². The number of aromatic nitrogens is 2. The molecule has 0 saturated heterocycles. The minimum atomic E-state index is -4.65. The van der Waals surface area contributed by atoms with Crippen molar-refractivity contribution in [3.05, 3.63) is 29.0 Å². The summed E-state index contributed by atoms with van der Waals surface area (Å²) in [4.78, 5) is 8.15. The second-order valence-corrected chi connectivity index (χ2v) is 4.73. The fourth-order valence-electron chi connectivity index (χ4n) is 1.47. The summed E-state index contributed by atoms with van der Waals surface area (Å²) in [7, 11) is 0. The van der Waals surface area contributed by atoms with E-state index in [9.17, 15) is 13.2 Å². The molecule has 0 saturated carbocycles. The zero-order chi connectivity index (χ0) is 14.0. The van der Waals surface area contributed by atoms with Crippen molar-refractivity contribution in [2.45, 2.75) is 12.3 Å².